The van der Waals surface area contributed by atoms with Gasteiger partial charge in [-0.2, -0.15) is 5.10 Å². The lowest BCUT2D eigenvalue weighted by molar-refractivity contribution is -0.119. The number of sulfonamides is 1. The van der Waals surface area contributed by atoms with Crippen molar-refractivity contribution in [3.05, 3.63) is 83.9 Å². The number of hydrogen-bond acceptors (Lipinski definition) is 6. The zero-order chi connectivity index (χ0) is 23.8. The van der Waals surface area contributed by atoms with Crippen molar-refractivity contribution >= 4 is 39.6 Å². The third-order valence-corrected chi connectivity index (χ3v) is 7.29. The molecule has 0 aliphatic carbocycles. The highest BCUT2D eigenvalue weighted by Gasteiger charge is 2.29. The van der Waals surface area contributed by atoms with Crippen LogP contribution in [0.3, 0.4) is 0 Å². The molecule has 0 aliphatic heterocycles. The van der Waals surface area contributed by atoms with Crippen LogP contribution in [0, 0.1) is 6.92 Å². The highest BCUT2D eigenvalue weighted by atomic mass is 32.2. The van der Waals surface area contributed by atoms with Crippen LogP contribution in [0.5, 0.6) is 5.75 Å². The fraction of sp³-hybridized carbons (Fsp3) is 0.167. The van der Waals surface area contributed by atoms with Crippen LogP contribution in [0.1, 0.15) is 11.1 Å². The minimum Gasteiger partial charge on any atom is -0.495 e. The molecule has 0 heterocycles. The molecule has 0 bridgehead atoms. The first-order chi connectivity index (χ1) is 15.8. The number of aryl methyl sites for hydroxylation is 1. The lowest BCUT2D eigenvalue weighted by Gasteiger charge is -2.25. The minimum absolute atomic E-state index is 0.0733. The highest BCUT2D eigenvalue weighted by Crippen LogP contribution is 2.32. The Labute approximate surface area is 198 Å². The molecule has 0 spiro atoms. The number of carbonyl (C=O) groups is 1. The molecule has 33 heavy (non-hydrogen) atoms. The molecule has 0 saturated carbocycles. The maximum absolute atomic E-state index is 13.5. The van der Waals surface area contributed by atoms with E-state index in [0.29, 0.717) is 5.75 Å². The van der Waals surface area contributed by atoms with Crippen LogP contribution >= 0.6 is 11.8 Å². The van der Waals surface area contributed by atoms with Crippen LogP contribution in [0.15, 0.2) is 87.7 Å². The third-order valence-electron chi connectivity index (χ3n) is 4.77. The minimum atomic E-state index is -4.05. The summed E-state index contributed by atoms with van der Waals surface area (Å²) < 4.78 is 33.3. The number of anilines is 1. The fourth-order valence-corrected chi connectivity index (χ4v) is 4.85. The molecule has 3 aromatic rings. The Morgan fingerprint density at radius 3 is 2.36 bits per heavy atom. The smallest absolute Gasteiger partial charge is 0.264 e. The van der Waals surface area contributed by atoms with E-state index in [0.717, 1.165) is 20.3 Å². The van der Waals surface area contributed by atoms with Crippen molar-refractivity contribution in [3.63, 3.8) is 0 Å². The van der Waals surface area contributed by atoms with E-state index in [4.69, 9.17) is 4.74 Å². The zero-order valence-electron chi connectivity index (χ0n) is 18.6. The van der Waals surface area contributed by atoms with Gasteiger partial charge in [-0.15, -0.1) is 11.8 Å². The van der Waals surface area contributed by atoms with Crippen molar-refractivity contribution < 1.29 is 17.9 Å². The normalized spacial score (nSPS) is 11.4. The quantitative estimate of drug-likeness (QED) is 0.282. The number of amides is 1. The van der Waals surface area contributed by atoms with E-state index in [1.807, 2.05) is 37.4 Å². The van der Waals surface area contributed by atoms with Crippen LogP contribution in [0.2, 0.25) is 0 Å². The maximum atomic E-state index is 13.5. The second-order valence-corrected chi connectivity index (χ2v) is 9.80. The number of carbonyl (C=O) groups excluding carboxylic acids is 1. The van der Waals surface area contributed by atoms with Crippen LogP contribution in [-0.2, 0) is 14.8 Å². The maximum Gasteiger partial charge on any atom is 0.264 e. The van der Waals surface area contributed by atoms with Crippen LogP contribution in [-0.4, -0.2) is 40.4 Å². The van der Waals surface area contributed by atoms with Crippen molar-refractivity contribution in [2.24, 2.45) is 5.10 Å². The predicted molar refractivity (Wildman–Crippen MR) is 133 cm³/mol. The lowest BCUT2D eigenvalue weighted by Crippen LogP contribution is -2.39. The summed E-state index contributed by atoms with van der Waals surface area (Å²) in [5.41, 5.74) is 4.40. The summed E-state index contributed by atoms with van der Waals surface area (Å²) in [6, 6.07) is 20.7. The SMILES string of the molecule is COc1ccccc1N(CC(=O)N/N=C\c1ccc(SC)cc1)S(=O)(=O)c1ccc(C)cc1. The van der Waals surface area contributed by atoms with Crippen molar-refractivity contribution in [1.82, 2.24) is 5.43 Å². The van der Waals surface area contributed by atoms with Crippen LogP contribution in [0.25, 0.3) is 0 Å². The number of hydrazone groups is 1. The Balaban J connectivity index is 1.85. The van der Waals surface area contributed by atoms with Crippen LogP contribution in [0.4, 0.5) is 5.69 Å². The number of nitrogens with zero attached hydrogens (tertiary/aromatic N) is 2. The summed E-state index contributed by atoms with van der Waals surface area (Å²) in [6.45, 7) is 1.40. The molecule has 0 aromatic heterocycles. The van der Waals surface area contributed by atoms with Gasteiger partial charge in [0.2, 0.25) is 0 Å². The van der Waals surface area contributed by atoms with E-state index in [9.17, 15) is 13.2 Å². The van der Waals surface area contributed by atoms with Gasteiger partial charge in [0.25, 0.3) is 15.9 Å². The molecule has 7 nitrogen and oxygen atoms in total. The fourth-order valence-electron chi connectivity index (χ4n) is 3.01. The molecule has 3 rings (SSSR count). The van der Waals surface area contributed by atoms with Gasteiger partial charge in [0.1, 0.15) is 12.3 Å². The average molecular weight is 484 g/mol. The standard InChI is InChI=1S/C24H25N3O4S2/c1-18-8-14-21(15-9-18)33(29,30)27(22-6-4-5-7-23(22)31-2)17-24(28)26-25-16-19-10-12-20(32-3)13-11-19/h4-16H,17H2,1-3H3,(H,26,28)/b25-16-. The van der Waals surface area contributed by atoms with Crippen molar-refractivity contribution in [3.8, 4) is 5.75 Å². The largest absolute Gasteiger partial charge is 0.495 e. The highest BCUT2D eigenvalue weighted by molar-refractivity contribution is 7.98. The molecule has 0 saturated heterocycles. The molecule has 172 valence electrons. The van der Waals surface area contributed by atoms with Crippen molar-refractivity contribution in [1.29, 1.82) is 0 Å². The Morgan fingerprint density at radius 1 is 1.06 bits per heavy atom. The number of benzene rings is 3. The van der Waals surface area contributed by atoms with Gasteiger partial charge < -0.3 is 4.74 Å². The van der Waals surface area contributed by atoms with Gasteiger partial charge in [-0.25, -0.2) is 13.8 Å². The number of methoxy groups -OCH3 is 1. The number of nitrogens with one attached hydrogen (secondary N) is 1. The van der Waals surface area contributed by atoms with E-state index in [1.165, 1.54) is 25.5 Å². The number of hydrogen-bond donors (Lipinski definition) is 1. The van der Waals surface area contributed by atoms with E-state index >= 15 is 0 Å². The second kappa shape index (κ2) is 11.0. The summed E-state index contributed by atoms with van der Waals surface area (Å²) >= 11 is 1.63. The van der Waals surface area contributed by atoms with E-state index in [-0.39, 0.29) is 10.6 Å². The Kier molecular flexibility index (Phi) is 8.13. The van der Waals surface area contributed by atoms with Gasteiger partial charge in [0.05, 0.1) is 23.9 Å². The summed E-state index contributed by atoms with van der Waals surface area (Å²) in [4.78, 5) is 13.9. The van der Waals surface area contributed by atoms with Crippen molar-refractivity contribution in [2.45, 2.75) is 16.7 Å². The van der Waals surface area contributed by atoms with E-state index in [1.54, 1.807) is 48.2 Å². The molecule has 9 heteroatoms. The molecule has 1 amide bonds. The Morgan fingerprint density at radius 2 is 1.73 bits per heavy atom. The summed E-state index contributed by atoms with van der Waals surface area (Å²) in [5.74, 6) is -0.257. The lowest BCUT2D eigenvalue weighted by atomic mass is 10.2. The first-order valence-electron chi connectivity index (χ1n) is 10.0. The van der Waals surface area contributed by atoms with Gasteiger partial charge in [0.15, 0.2) is 0 Å². The second-order valence-electron chi connectivity index (χ2n) is 7.06. The van der Waals surface area contributed by atoms with Gasteiger partial charge in [-0.05, 0) is 55.1 Å². The number of ether oxygens (including phenoxy) is 1. The third kappa shape index (κ3) is 6.15. The summed E-state index contributed by atoms with van der Waals surface area (Å²) in [5, 5.41) is 3.97. The van der Waals surface area contributed by atoms with E-state index < -0.39 is 22.5 Å². The molecule has 0 fully saturated rings. The summed E-state index contributed by atoms with van der Waals surface area (Å²) in [6.07, 6.45) is 3.49. The average Bonchev–Trinajstić information content (AvgIpc) is 2.83. The molecule has 0 radical (unpaired) electrons. The molecular formula is C24H25N3O4S2. The molecular weight excluding hydrogens is 458 g/mol. The molecule has 0 atom stereocenters. The molecule has 0 unspecified atom stereocenters. The molecule has 0 aliphatic rings. The first kappa shape index (κ1) is 24.3. The topological polar surface area (TPSA) is 88.1 Å². The van der Waals surface area contributed by atoms with Gasteiger partial charge in [-0.3, -0.25) is 9.10 Å². The number of thioether (sulfide) groups is 1. The Bertz CT molecular complexity index is 1230. The van der Waals surface area contributed by atoms with E-state index in [2.05, 4.69) is 10.5 Å². The van der Waals surface area contributed by atoms with Gasteiger partial charge in [0, 0.05) is 4.90 Å². The summed E-state index contributed by atoms with van der Waals surface area (Å²) in [7, 11) is -2.60. The zero-order valence-corrected chi connectivity index (χ0v) is 20.2. The van der Waals surface area contributed by atoms with Gasteiger partial charge >= 0.3 is 0 Å². The number of rotatable bonds is 9. The predicted octanol–water partition coefficient (Wildman–Crippen LogP) is 4.07. The molecule has 1 N–H and O–H groups in total. The van der Waals surface area contributed by atoms with Crippen molar-refractivity contribution in [2.75, 3.05) is 24.2 Å². The van der Waals surface area contributed by atoms with Gasteiger partial charge in [-0.1, -0.05) is 42.0 Å². The van der Waals surface area contributed by atoms with Crippen LogP contribution < -0.4 is 14.5 Å². The molecule has 3 aromatic carbocycles. The first-order valence-corrected chi connectivity index (χ1v) is 12.7. The monoisotopic (exact) mass is 483 g/mol. The number of para-hydroxylation sites is 2. The Hall–Kier alpha value is -3.30.